The summed E-state index contributed by atoms with van der Waals surface area (Å²) in [7, 11) is 0. The minimum absolute atomic E-state index is 0. The van der Waals surface area contributed by atoms with Crippen molar-refractivity contribution in [2.45, 2.75) is 12.8 Å². The molecule has 0 radical (unpaired) electrons. The van der Waals surface area contributed by atoms with E-state index in [9.17, 15) is 13.2 Å². The summed E-state index contributed by atoms with van der Waals surface area (Å²) in [4.78, 5) is 3.92. The van der Waals surface area contributed by atoms with E-state index in [1.165, 1.54) is 24.3 Å². The van der Waals surface area contributed by atoms with Gasteiger partial charge in [0.15, 0.2) is 5.96 Å². The van der Waals surface area contributed by atoms with Crippen LogP contribution in [0.1, 0.15) is 6.42 Å². The van der Waals surface area contributed by atoms with Gasteiger partial charge in [-0.3, -0.25) is 4.99 Å². The van der Waals surface area contributed by atoms with E-state index in [4.69, 9.17) is 12.2 Å². The molecule has 3 N–H and O–H groups in total. The normalized spacial score (nSPS) is 11.2. The Labute approximate surface area is 131 Å². The van der Waals surface area contributed by atoms with E-state index in [0.717, 1.165) is 0 Å². The first-order valence-electron chi connectivity index (χ1n) is 5.27. The molecule has 1 aromatic rings. The number of nitrogens with one attached hydrogen (secondary N) is 1. The molecule has 1 rings (SSSR count). The SMILES string of the molecule is C#CCCN=C(N)Nc1ccc(OC(F)(F)F)cc1.I. The lowest BCUT2D eigenvalue weighted by molar-refractivity contribution is -0.274. The van der Waals surface area contributed by atoms with Gasteiger partial charge in [-0.2, -0.15) is 0 Å². The van der Waals surface area contributed by atoms with Crippen LogP contribution in [0, 0.1) is 12.3 Å². The number of guanidine groups is 1. The largest absolute Gasteiger partial charge is 0.573 e. The van der Waals surface area contributed by atoms with E-state index in [1.54, 1.807) is 0 Å². The number of nitrogens with zero attached hydrogens (tertiary/aromatic N) is 1. The van der Waals surface area contributed by atoms with E-state index >= 15 is 0 Å². The number of terminal acetylenes is 1. The third-order valence-corrected chi connectivity index (χ3v) is 1.90. The Bertz CT molecular complexity index is 480. The van der Waals surface area contributed by atoms with Gasteiger partial charge in [-0.15, -0.1) is 49.5 Å². The molecular weight excluding hydrogens is 386 g/mol. The second-order valence-corrected chi connectivity index (χ2v) is 3.42. The number of hydrogen-bond donors (Lipinski definition) is 2. The van der Waals surface area contributed by atoms with Crippen LogP contribution < -0.4 is 15.8 Å². The van der Waals surface area contributed by atoms with Crippen molar-refractivity contribution < 1.29 is 17.9 Å². The van der Waals surface area contributed by atoms with Gasteiger partial charge >= 0.3 is 6.36 Å². The number of rotatable bonds is 4. The topological polar surface area (TPSA) is 59.6 Å². The maximum absolute atomic E-state index is 11.9. The summed E-state index contributed by atoms with van der Waals surface area (Å²) >= 11 is 0. The number of hydrogen-bond acceptors (Lipinski definition) is 2. The zero-order chi connectivity index (χ0) is 14.3. The van der Waals surface area contributed by atoms with Gasteiger partial charge in [0.2, 0.25) is 0 Å². The van der Waals surface area contributed by atoms with Crippen molar-refractivity contribution in [3.63, 3.8) is 0 Å². The van der Waals surface area contributed by atoms with Gasteiger partial charge in [-0.1, -0.05) is 0 Å². The fourth-order valence-electron chi connectivity index (χ4n) is 1.17. The van der Waals surface area contributed by atoms with E-state index in [2.05, 4.69) is 21.0 Å². The third-order valence-electron chi connectivity index (χ3n) is 1.90. The summed E-state index contributed by atoms with van der Waals surface area (Å²) in [5.41, 5.74) is 6.04. The molecule has 110 valence electrons. The van der Waals surface area contributed by atoms with Crippen molar-refractivity contribution in [1.29, 1.82) is 0 Å². The van der Waals surface area contributed by atoms with Crippen molar-refractivity contribution in [3.8, 4) is 18.1 Å². The zero-order valence-corrected chi connectivity index (χ0v) is 12.6. The molecule has 4 nitrogen and oxygen atoms in total. The Morgan fingerprint density at radius 1 is 1.35 bits per heavy atom. The Morgan fingerprint density at radius 3 is 2.45 bits per heavy atom. The standard InChI is InChI=1S/C12H12F3N3O.HI/c1-2-3-8-17-11(16)18-9-4-6-10(7-5-9)19-12(13,14)15;/h1,4-7H,3,8H2,(H3,16,17,18);1H. The Morgan fingerprint density at radius 2 is 1.95 bits per heavy atom. The van der Waals surface area contributed by atoms with Crippen molar-refractivity contribution in [1.82, 2.24) is 0 Å². The lowest BCUT2D eigenvalue weighted by Crippen LogP contribution is -2.22. The number of alkyl halides is 3. The number of nitrogens with two attached hydrogens (primary N) is 1. The molecule has 0 atom stereocenters. The fourth-order valence-corrected chi connectivity index (χ4v) is 1.17. The summed E-state index contributed by atoms with van der Waals surface area (Å²) < 4.78 is 39.5. The molecule has 0 heterocycles. The molecule has 0 spiro atoms. The lowest BCUT2D eigenvalue weighted by Gasteiger charge is -2.10. The fraction of sp³-hybridized carbons (Fsp3) is 0.250. The highest BCUT2D eigenvalue weighted by atomic mass is 127. The molecule has 0 amide bonds. The molecular formula is C12H13F3IN3O. The molecule has 0 aromatic heterocycles. The first-order chi connectivity index (χ1) is 8.90. The summed E-state index contributed by atoms with van der Waals surface area (Å²) in [6, 6.07) is 5.13. The van der Waals surface area contributed by atoms with Crippen LogP contribution in [0.3, 0.4) is 0 Å². The molecule has 0 unspecified atom stereocenters. The van der Waals surface area contributed by atoms with E-state index < -0.39 is 6.36 Å². The Kier molecular flexibility index (Phi) is 7.83. The minimum atomic E-state index is -4.70. The van der Waals surface area contributed by atoms with Crippen LogP contribution in [0.5, 0.6) is 5.75 Å². The monoisotopic (exact) mass is 399 g/mol. The Balaban J connectivity index is 0.00000361. The summed E-state index contributed by atoms with van der Waals surface area (Å²) in [5.74, 6) is 2.24. The summed E-state index contributed by atoms with van der Waals surface area (Å²) in [6.45, 7) is 0.380. The van der Waals surface area contributed by atoms with Gasteiger partial charge in [0.05, 0.1) is 6.54 Å². The second-order valence-electron chi connectivity index (χ2n) is 3.42. The molecule has 0 aliphatic rings. The van der Waals surface area contributed by atoms with E-state index in [-0.39, 0.29) is 35.7 Å². The zero-order valence-electron chi connectivity index (χ0n) is 10.3. The first kappa shape index (κ1) is 18.4. The third kappa shape index (κ3) is 7.73. The maximum atomic E-state index is 11.9. The number of ether oxygens (including phenoxy) is 1. The summed E-state index contributed by atoms with van der Waals surface area (Å²) in [5, 5.41) is 2.71. The molecule has 20 heavy (non-hydrogen) atoms. The molecule has 0 aliphatic carbocycles. The molecule has 0 saturated carbocycles. The number of benzene rings is 1. The molecule has 0 fully saturated rings. The Hall–Kier alpha value is -1.63. The smallest absolute Gasteiger partial charge is 0.406 e. The highest BCUT2D eigenvalue weighted by molar-refractivity contribution is 14.0. The van der Waals surface area contributed by atoms with Crippen LogP contribution in [0.25, 0.3) is 0 Å². The first-order valence-corrected chi connectivity index (χ1v) is 5.27. The van der Waals surface area contributed by atoms with Crippen molar-refractivity contribution in [2.75, 3.05) is 11.9 Å². The van der Waals surface area contributed by atoms with Gasteiger partial charge in [0.1, 0.15) is 5.75 Å². The van der Waals surface area contributed by atoms with Crippen LogP contribution in [0.4, 0.5) is 18.9 Å². The molecule has 8 heteroatoms. The van der Waals surface area contributed by atoms with Gasteiger partial charge in [0.25, 0.3) is 0 Å². The predicted molar refractivity (Wildman–Crippen MR) is 82.1 cm³/mol. The quantitative estimate of drug-likeness (QED) is 0.269. The van der Waals surface area contributed by atoms with Crippen molar-refractivity contribution in [3.05, 3.63) is 24.3 Å². The van der Waals surface area contributed by atoms with Crippen LogP contribution in [-0.2, 0) is 0 Å². The second kappa shape index (κ2) is 8.52. The average molecular weight is 399 g/mol. The van der Waals surface area contributed by atoms with Crippen LogP contribution in [-0.4, -0.2) is 18.9 Å². The molecule has 0 aliphatic heterocycles. The minimum Gasteiger partial charge on any atom is -0.406 e. The maximum Gasteiger partial charge on any atom is 0.573 e. The predicted octanol–water partition coefficient (Wildman–Crippen LogP) is 2.95. The molecule has 0 saturated heterocycles. The van der Waals surface area contributed by atoms with E-state index in [0.29, 0.717) is 18.7 Å². The van der Waals surface area contributed by atoms with Crippen molar-refractivity contribution >= 4 is 35.6 Å². The highest BCUT2D eigenvalue weighted by Crippen LogP contribution is 2.23. The highest BCUT2D eigenvalue weighted by Gasteiger charge is 2.30. The van der Waals surface area contributed by atoms with Crippen LogP contribution in [0.2, 0.25) is 0 Å². The van der Waals surface area contributed by atoms with Crippen LogP contribution in [0.15, 0.2) is 29.3 Å². The van der Waals surface area contributed by atoms with Gasteiger partial charge < -0.3 is 15.8 Å². The average Bonchev–Trinajstić information content (AvgIpc) is 2.30. The number of halogens is 4. The van der Waals surface area contributed by atoms with Gasteiger partial charge in [-0.05, 0) is 24.3 Å². The molecule has 1 aromatic carbocycles. The van der Waals surface area contributed by atoms with E-state index in [1.807, 2.05) is 0 Å². The van der Waals surface area contributed by atoms with Gasteiger partial charge in [0, 0.05) is 12.1 Å². The van der Waals surface area contributed by atoms with Crippen LogP contribution >= 0.6 is 24.0 Å². The lowest BCUT2D eigenvalue weighted by atomic mass is 10.3. The molecule has 0 bridgehead atoms. The summed E-state index contributed by atoms with van der Waals surface area (Å²) in [6.07, 6.45) is 0.803. The number of anilines is 1. The number of aliphatic imine (C=N–C) groups is 1. The van der Waals surface area contributed by atoms with Crippen molar-refractivity contribution in [2.24, 2.45) is 10.7 Å². The van der Waals surface area contributed by atoms with Gasteiger partial charge in [-0.25, -0.2) is 0 Å².